The molecule has 2 rings (SSSR count). The van der Waals surface area contributed by atoms with Crippen LogP contribution < -0.4 is 10.5 Å². The number of anilines is 1. The van der Waals surface area contributed by atoms with Crippen LogP contribution in [0, 0.1) is 11.8 Å². The Morgan fingerprint density at radius 2 is 1.71 bits per heavy atom. The number of hydrogen-bond acceptors (Lipinski definition) is 3. The second-order valence-electron chi connectivity index (χ2n) is 4.45. The van der Waals surface area contributed by atoms with E-state index in [2.05, 4.69) is 30.7 Å². The molecule has 0 unspecified atom stereocenters. The van der Waals surface area contributed by atoms with Crippen LogP contribution in [0.2, 0.25) is 0 Å². The summed E-state index contributed by atoms with van der Waals surface area (Å²) in [6.07, 6.45) is 4.31. The van der Waals surface area contributed by atoms with E-state index in [1.165, 1.54) is 12.8 Å². The Morgan fingerprint density at radius 1 is 1.05 bits per heavy atom. The van der Waals surface area contributed by atoms with E-state index in [9.17, 15) is 0 Å². The molecule has 1 heterocycles. The average Bonchev–Trinajstić information content (AvgIpc) is 2.55. The van der Waals surface area contributed by atoms with E-state index < -0.39 is 0 Å². The fourth-order valence-electron chi connectivity index (χ4n) is 1.31. The minimum atomic E-state index is 0.682. The quantitative estimate of drug-likeness (QED) is 0.671. The number of unbranched alkanes of at least 4 members (excludes halogenated alkanes) is 1. The standard InChI is InChI=1S/C14H12N2O.C4H10/c1-17-14-8-9-16-13(10-14)7-4-11-2-5-12(15)6-3-11;1-3-4-2/h2-3,5-6,8-10H,15H2,1H3;3-4H2,1-2H3. The van der Waals surface area contributed by atoms with Crippen molar-refractivity contribution in [2.45, 2.75) is 26.7 Å². The number of rotatable bonds is 2. The number of nitrogens with zero attached hydrogens (tertiary/aromatic N) is 1. The monoisotopic (exact) mass is 282 g/mol. The van der Waals surface area contributed by atoms with Gasteiger partial charge in [-0.15, -0.1) is 0 Å². The average molecular weight is 282 g/mol. The summed E-state index contributed by atoms with van der Waals surface area (Å²) in [4.78, 5) is 4.14. The lowest BCUT2D eigenvalue weighted by molar-refractivity contribution is 0.414. The molecule has 3 heteroatoms. The van der Waals surface area contributed by atoms with E-state index in [4.69, 9.17) is 10.5 Å². The van der Waals surface area contributed by atoms with Gasteiger partial charge in [-0.3, -0.25) is 0 Å². The maximum absolute atomic E-state index is 5.59. The van der Waals surface area contributed by atoms with Crippen LogP contribution in [0.3, 0.4) is 0 Å². The van der Waals surface area contributed by atoms with Crippen LogP contribution in [-0.2, 0) is 0 Å². The molecule has 0 fully saturated rings. The number of nitrogen functional groups attached to an aromatic ring is 1. The van der Waals surface area contributed by atoms with E-state index in [0.29, 0.717) is 5.69 Å². The van der Waals surface area contributed by atoms with Gasteiger partial charge >= 0.3 is 0 Å². The smallest absolute Gasteiger partial charge is 0.123 e. The molecule has 0 atom stereocenters. The zero-order valence-corrected chi connectivity index (χ0v) is 12.9. The molecule has 21 heavy (non-hydrogen) atoms. The van der Waals surface area contributed by atoms with Gasteiger partial charge in [0.15, 0.2) is 0 Å². The number of hydrogen-bond donors (Lipinski definition) is 1. The van der Waals surface area contributed by atoms with Crippen LogP contribution in [0.25, 0.3) is 0 Å². The molecular weight excluding hydrogens is 260 g/mol. The largest absolute Gasteiger partial charge is 0.497 e. The van der Waals surface area contributed by atoms with Crippen LogP contribution in [0.5, 0.6) is 5.75 Å². The van der Waals surface area contributed by atoms with Gasteiger partial charge in [-0.1, -0.05) is 32.6 Å². The topological polar surface area (TPSA) is 48.1 Å². The van der Waals surface area contributed by atoms with E-state index in [-0.39, 0.29) is 0 Å². The SMILES string of the molecule is CCCC.COc1ccnc(C#Cc2ccc(N)cc2)c1. The minimum absolute atomic E-state index is 0.682. The van der Waals surface area contributed by atoms with Crippen LogP contribution in [0.15, 0.2) is 42.6 Å². The summed E-state index contributed by atoms with van der Waals surface area (Å²) in [7, 11) is 1.62. The Kier molecular flexibility index (Phi) is 7.45. The fraction of sp³-hybridized carbons (Fsp3) is 0.278. The van der Waals surface area contributed by atoms with Gasteiger partial charge in [0.2, 0.25) is 0 Å². The summed E-state index contributed by atoms with van der Waals surface area (Å²) in [5.41, 5.74) is 7.91. The zero-order chi connectivity index (χ0) is 15.5. The van der Waals surface area contributed by atoms with Crippen molar-refractivity contribution in [3.63, 3.8) is 0 Å². The molecule has 1 aromatic heterocycles. The molecule has 0 amide bonds. The molecule has 0 bridgehead atoms. The molecule has 0 aliphatic heterocycles. The Morgan fingerprint density at radius 3 is 2.29 bits per heavy atom. The predicted molar refractivity (Wildman–Crippen MR) is 88.2 cm³/mol. The number of benzene rings is 1. The van der Waals surface area contributed by atoms with E-state index in [1.807, 2.05) is 24.3 Å². The highest BCUT2D eigenvalue weighted by Crippen LogP contribution is 2.09. The highest BCUT2D eigenvalue weighted by atomic mass is 16.5. The third-order valence-corrected chi connectivity index (χ3v) is 2.71. The second-order valence-corrected chi connectivity index (χ2v) is 4.45. The van der Waals surface area contributed by atoms with Gasteiger partial charge < -0.3 is 10.5 Å². The molecule has 0 radical (unpaired) electrons. The number of nitrogens with two attached hydrogens (primary N) is 1. The van der Waals surface area contributed by atoms with Crippen molar-refractivity contribution in [2.75, 3.05) is 12.8 Å². The predicted octanol–water partition coefficient (Wildman–Crippen LogP) is 3.88. The zero-order valence-electron chi connectivity index (χ0n) is 12.9. The molecule has 2 aromatic rings. The number of ether oxygens (including phenoxy) is 1. The van der Waals surface area contributed by atoms with Crippen molar-refractivity contribution >= 4 is 5.69 Å². The first-order valence-corrected chi connectivity index (χ1v) is 7.07. The Labute approximate surface area is 127 Å². The van der Waals surface area contributed by atoms with Crippen molar-refractivity contribution in [3.05, 3.63) is 53.9 Å². The van der Waals surface area contributed by atoms with Crippen molar-refractivity contribution in [3.8, 4) is 17.6 Å². The summed E-state index contributed by atoms with van der Waals surface area (Å²) < 4.78 is 5.10. The second kappa shape index (κ2) is 9.44. The maximum Gasteiger partial charge on any atom is 0.123 e. The summed E-state index contributed by atoms with van der Waals surface area (Å²) >= 11 is 0. The first kappa shape index (κ1) is 16.6. The van der Waals surface area contributed by atoms with Gasteiger partial charge in [-0.05, 0) is 36.3 Å². The summed E-state index contributed by atoms with van der Waals surface area (Å²) in [5, 5.41) is 0. The third-order valence-electron chi connectivity index (χ3n) is 2.71. The van der Waals surface area contributed by atoms with Crippen molar-refractivity contribution in [1.29, 1.82) is 0 Å². The number of pyridine rings is 1. The lowest BCUT2D eigenvalue weighted by Crippen LogP contribution is -1.87. The molecule has 2 N–H and O–H groups in total. The Hall–Kier alpha value is -2.47. The van der Waals surface area contributed by atoms with Gasteiger partial charge in [-0.2, -0.15) is 0 Å². The lowest BCUT2D eigenvalue weighted by atomic mass is 10.2. The molecule has 110 valence electrons. The first-order chi connectivity index (χ1) is 10.2. The highest BCUT2D eigenvalue weighted by molar-refractivity contribution is 5.47. The van der Waals surface area contributed by atoms with E-state index in [0.717, 1.165) is 17.0 Å². The van der Waals surface area contributed by atoms with Crippen molar-refractivity contribution in [1.82, 2.24) is 4.98 Å². The van der Waals surface area contributed by atoms with Crippen LogP contribution in [0.1, 0.15) is 37.9 Å². The van der Waals surface area contributed by atoms with Gasteiger partial charge in [0, 0.05) is 23.5 Å². The normalized spacial score (nSPS) is 8.90. The molecule has 0 aliphatic rings. The minimum Gasteiger partial charge on any atom is -0.497 e. The summed E-state index contributed by atoms with van der Waals surface area (Å²) in [5.74, 6) is 6.74. The highest BCUT2D eigenvalue weighted by Gasteiger charge is 1.93. The maximum atomic E-state index is 5.59. The van der Waals surface area contributed by atoms with Crippen LogP contribution >= 0.6 is 0 Å². The molecular formula is C18H22N2O. The van der Waals surface area contributed by atoms with Gasteiger partial charge in [0.25, 0.3) is 0 Å². The number of aromatic nitrogens is 1. The first-order valence-electron chi connectivity index (χ1n) is 7.07. The summed E-state index contributed by atoms with van der Waals surface area (Å²) in [6, 6.07) is 11.0. The van der Waals surface area contributed by atoms with Gasteiger partial charge in [0.1, 0.15) is 11.4 Å². The summed E-state index contributed by atoms with van der Waals surface area (Å²) in [6.45, 7) is 4.36. The molecule has 1 aromatic carbocycles. The molecule has 0 saturated heterocycles. The third kappa shape index (κ3) is 6.49. The van der Waals surface area contributed by atoms with Crippen LogP contribution in [0.4, 0.5) is 5.69 Å². The fourth-order valence-corrected chi connectivity index (χ4v) is 1.31. The van der Waals surface area contributed by atoms with E-state index in [1.54, 1.807) is 25.4 Å². The molecule has 0 aliphatic carbocycles. The lowest BCUT2D eigenvalue weighted by Gasteiger charge is -1.97. The molecule has 0 spiro atoms. The van der Waals surface area contributed by atoms with E-state index >= 15 is 0 Å². The van der Waals surface area contributed by atoms with Crippen molar-refractivity contribution in [2.24, 2.45) is 0 Å². The Balaban J connectivity index is 0.000000491. The molecule has 3 nitrogen and oxygen atoms in total. The van der Waals surface area contributed by atoms with Crippen molar-refractivity contribution < 1.29 is 4.74 Å². The van der Waals surface area contributed by atoms with Crippen LogP contribution in [-0.4, -0.2) is 12.1 Å². The van der Waals surface area contributed by atoms with Gasteiger partial charge in [0.05, 0.1) is 7.11 Å². The molecule has 0 saturated carbocycles. The van der Waals surface area contributed by atoms with Gasteiger partial charge in [-0.25, -0.2) is 4.98 Å². The number of methoxy groups -OCH3 is 1. The Bertz CT molecular complexity index is 593.